The molecule has 0 unspecified atom stereocenters. The molecule has 0 aliphatic carbocycles. The Hall–Kier alpha value is -1.36. The van der Waals surface area contributed by atoms with E-state index in [9.17, 15) is 4.79 Å². The minimum Gasteiger partial charge on any atom is -0.394 e. The van der Waals surface area contributed by atoms with Gasteiger partial charge < -0.3 is 10.0 Å². The zero-order valence-corrected chi connectivity index (χ0v) is 9.53. The molecule has 0 saturated carbocycles. The van der Waals surface area contributed by atoms with E-state index in [1.807, 2.05) is 0 Å². The van der Waals surface area contributed by atoms with Gasteiger partial charge in [-0.3, -0.25) is 9.89 Å². The standard InChI is InChI=1S/C10H17N3O2/c1-7-8(5-11-12-7)9(15)13(4)10(2,3)6-14/h5,14H,6H2,1-4H3,(H,11,12). The highest BCUT2D eigenvalue weighted by Gasteiger charge is 2.28. The minimum absolute atomic E-state index is 0.0772. The van der Waals surface area contributed by atoms with Crippen LogP contribution in [0.2, 0.25) is 0 Å². The largest absolute Gasteiger partial charge is 0.394 e. The normalized spacial score (nSPS) is 11.5. The molecule has 0 radical (unpaired) electrons. The number of H-pyrrole nitrogens is 1. The number of aryl methyl sites for hydroxylation is 1. The van der Waals surface area contributed by atoms with Gasteiger partial charge in [0.25, 0.3) is 5.91 Å². The Morgan fingerprint density at radius 1 is 1.67 bits per heavy atom. The molecule has 5 heteroatoms. The SMILES string of the molecule is Cc1[nH]ncc1C(=O)N(C)C(C)(C)CO. The van der Waals surface area contributed by atoms with E-state index in [0.717, 1.165) is 5.69 Å². The summed E-state index contributed by atoms with van der Waals surface area (Å²) in [5.74, 6) is -0.139. The number of hydrogen-bond acceptors (Lipinski definition) is 3. The molecule has 0 fully saturated rings. The second kappa shape index (κ2) is 4.02. The molecule has 0 atom stereocenters. The molecule has 1 aromatic rings. The molecule has 84 valence electrons. The molecule has 1 heterocycles. The zero-order chi connectivity index (χ0) is 11.6. The lowest BCUT2D eigenvalue weighted by Gasteiger charge is -2.33. The summed E-state index contributed by atoms with van der Waals surface area (Å²) in [6.45, 7) is 5.33. The fourth-order valence-corrected chi connectivity index (χ4v) is 1.13. The zero-order valence-electron chi connectivity index (χ0n) is 9.53. The Balaban J connectivity index is 2.92. The van der Waals surface area contributed by atoms with E-state index in [0.29, 0.717) is 5.56 Å². The first-order valence-corrected chi connectivity index (χ1v) is 4.79. The summed E-state index contributed by atoms with van der Waals surface area (Å²) in [7, 11) is 1.67. The third-order valence-corrected chi connectivity index (χ3v) is 2.66. The summed E-state index contributed by atoms with van der Waals surface area (Å²) in [5, 5.41) is 15.7. The Morgan fingerprint density at radius 2 is 2.27 bits per heavy atom. The number of hydrogen-bond donors (Lipinski definition) is 2. The van der Waals surface area contributed by atoms with E-state index in [1.165, 1.54) is 11.1 Å². The van der Waals surface area contributed by atoms with Crippen LogP contribution in [0.15, 0.2) is 6.20 Å². The number of rotatable bonds is 3. The molecule has 1 amide bonds. The molecular formula is C10H17N3O2. The molecule has 5 nitrogen and oxygen atoms in total. The number of aliphatic hydroxyl groups is 1. The van der Waals surface area contributed by atoms with Crippen LogP contribution < -0.4 is 0 Å². The summed E-state index contributed by atoms with van der Waals surface area (Å²) < 4.78 is 0. The number of amides is 1. The summed E-state index contributed by atoms with van der Waals surface area (Å²) in [6.07, 6.45) is 1.50. The van der Waals surface area contributed by atoms with Gasteiger partial charge in [0.1, 0.15) is 0 Å². The van der Waals surface area contributed by atoms with E-state index < -0.39 is 5.54 Å². The Kier molecular flexibility index (Phi) is 3.14. The van der Waals surface area contributed by atoms with Gasteiger partial charge in [-0.1, -0.05) is 0 Å². The smallest absolute Gasteiger partial charge is 0.257 e. The molecule has 0 aromatic carbocycles. The van der Waals surface area contributed by atoms with Gasteiger partial charge in [-0.15, -0.1) is 0 Å². The predicted octanol–water partition coefficient (Wildman–Crippen LogP) is 0.561. The number of aromatic amines is 1. The van der Waals surface area contributed by atoms with Crippen LogP contribution in [0.5, 0.6) is 0 Å². The molecule has 0 aliphatic rings. The van der Waals surface area contributed by atoms with Gasteiger partial charge in [0.05, 0.1) is 23.9 Å². The highest BCUT2D eigenvalue weighted by molar-refractivity contribution is 5.95. The van der Waals surface area contributed by atoms with Gasteiger partial charge in [-0.05, 0) is 20.8 Å². The van der Waals surface area contributed by atoms with Crippen molar-refractivity contribution in [1.29, 1.82) is 0 Å². The van der Waals surface area contributed by atoms with Crippen molar-refractivity contribution in [2.45, 2.75) is 26.3 Å². The van der Waals surface area contributed by atoms with Crippen LogP contribution in [0.25, 0.3) is 0 Å². The topological polar surface area (TPSA) is 69.2 Å². The summed E-state index contributed by atoms with van der Waals surface area (Å²) in [5.41, 5.74) is 0.709. The summed E-state index contributed by atoms with van der Waals surface area (Å²) >= 11 is 0. The first-order chi connectivity index (χ1) is 6.90. The van der Waals surface area contributed by atoms with Crippen molar-refractivity contribution in [3.63, 3.8) is 0 Å². The number of nitrogens with one attached hydrogen (secondary N) is 1. The van der Waals surface area contributed by atoms with Crippen LogP contribution in [0.3, 0.4) is 0 Å². The van der Waals surface area contributed by atoms with Crippen LogP contribution in [0, 0.1) is 6.92 Å². The highest BCUT2D eigenvalue weighted by atomic mass is 16.3. The second-order valence-electron chi connectivity index (χ2n) is 4.24. The molecule has 15 heavy (non-hydrogen) atoms. The third-order valence-electron chi connectivity index (χ3n) is 2.66. The van der Waals surface area contributed by atoms with E-state index in [2.05, 4.69) is 10.2 Å². The summed E-state index contributed by atoms with van der Waals surface area (Å²) in [6, 6.07) is 0. The molecular weight excluding hydrogens is 194 g/mol. The van der Waals surface area contributed by atoms with Gasteiger partial charge in [0.2, 0.25) is 0 Å². The fourth-order valence-electron chi connectivity index (χ4n) is 1.13. The molecule has 0 aliphatic heterocycles. The van der Waals surface area contributed by atoms with Crippen molar-refractivity contribution >= 4 is 5.91 Å². The molecule has 1 aromatic heterocycles. The van der Waals surface area contributed by atoms with Crippen LogP contribution in [0.1, 0.15) is 29.9 Å². The fraction of sp³-hybridized carbons (Fsp3) is 0.600. The molecule has 0 saturated heterocycles. The van der Waals surface area contributed by atoms with Gasteiger partial charge in [-0.25, -0.2) is 0 Å². The van der Waals surface area contributed by atoms with Crippen molar-refractivity contribution in [3.8, 4) is 0 Å². The van der Waals surface area contributed by atoms with Gasteiger partial charge in [0.15, 0.2) is 0 Å². The van der Waals surface area contributed by atoms with Crippen LogP contribution >= 0.6 is 0 Å². The van der Waals surface area contributed by atoms with Crippen LogP contribution in [-0.4, -0.2) is 45.3 Å². The molecule has 1 rings (SSSR count). The monoisotopic (exact) mass is 211 g/mol. The number of likely N-dealkylation sites (N-methyl/N-ethyl adjacent to an activating group) is 1. The Morgan fingerprint density at radius 3 is 2.67 bits per heavy atom. The first-order valence-electron chi connectivity index (χ1n) is 4.79. The van der Waals surface area contributed by atoms with Crippen molar-refractivity contribution in [1.82, 2.24) is 15.1 Å². The maximum Gasteiger partial charge on any atom is 0.257 e. The summed E-state index contributed by atoms with van der Waals surface area (Å²) in [4.78, 5) is 13.5. The molecule has 0 spiro atoms. The van der Waals surface area contributed by atoms with Crippen molar-refractivity contribution < 1.29 is 9.90 Å². The van der Waals surface area contributed by atoms with Crippen LogP contribution in [0.4, 0.5) is 0 Å². The van der Waals surface area contributed by atoms with E-state index in [1.54, 1.807) is 27.8 Å². The quantitative estimate of drug-likeness (QED) is 0.767. The maximum atomic E-state index is 12.0. The number of aliphatic hydroxyl groups excluding tert-OH is 1. The average molecular weight is 211 g/mol. The maximum absolute atomic E-state index is 12.0. The lowest BCUT2D eigenvalue weighted by molar-refractivity contribution is 0.0472. The number of carbonyl (C=O) groups is 1. The van der Waals surface area contributed by atoms with Crippen molar-refractivity contribution in [3.05, 3.63) is 17.5 Å². The number of carbonyl (C=O) groups excluding carboxylic acids is 1. The average Bonchev–Trinajstić information content (AvgIpc) is 2.62. The third kappa shape index (κ3) is 2.18. The molecule has 0 bridgehead atoms. The lowest BCUT2D eigenvalue weighted by Crippen LogP contribution is -2.47. The van der Waals surface area contributed by atoms with Crippen molar-refractivity contribution in [2.24, 2.45) is 0 Å². The number of nitrogens with zero attached hydrogens (tertiary/aromatic N) is 2. The minimum atomic E-state index is -0.569. The lowest BCUT2D eigenvalue weighted by atomic mass is 10.0. The second-order valence-corrected chi connectivity index (χ2v) is 4.24. The van der Waals surface area contributed by atoms with Gasteiger partial charge >= 0.3 is 0 Å². The van der Waals surface area contributed by atoms with Gasteiger partial charge in [0, 0.05) is 12.7 Å². The van der Waals surface area contributed by atoms with Crippen molar-refractivity contribution in [2.75, 3.05) is 13.7 Å². The van der Waals surface area contributed by atoms with Gasteiger partial charge in [-0.2, -0.15) is 5.10 Å². The molecule has 2 N–H and O–H groups in total. The Bertz CT molecular complexity index is 357. The van der Waals surface area contributed by atoms with E-state index >= 15 is 0 Å². The van der Waals surface area contributed by atoms with Crippen LogP contribution in [-0.2, 0) is 0 Å². The number of aromatic nitrogens is 2. The predicted molar refractivity (Wildman–Crippen MR) is 56.6 cm³/mol. The first kappa shape index (κ1) is 11.7. The van der Waals surface area contributed by atoms with E-state index in [4.69, 9.17) is 5.11 Å². The van der Waals surface area contributed by atoms with E-state index in [-0.39, 0.29) is 12.5 Å². The Labute approximate surface area is 89.1 Å². The highest BCUT2D eigenvalue weighted by Crippen LogP contribution is 2.16.